The summed E-state index contributed by atoms with van der Waals surface area (Å²) in [6.45, 7) is 2.26. The Bertz CT molecular complexity index is 5320. The number of nitrogens with zero attached hydrogens (tertiary/aromatic N) is 4. The predicted octanol–water partition coefficient (Wildman–Crippen LogP) is 21.4. The molecule has 16 rings (SSSR count). The van der Waals surface area contributed by atoms with Crippen LogP contribution in [0.3, 0.4) is 0 Å². The molecule has 4 aliphatic heterocycles. The van der Waals surface area contributed by atoms with E-state index in [-0.39, 0.29) is 0 Å². The molecule has 92 heavy (non-hydrogen) atoms. The van der Waals surface area contributed by atoms with E-state index in [4.69, 9.17) is 24.7 Å². The van der Waals surface area contributed by atoms with Gasteiger partial charge in [0, 0.05) is 88.7 Å². The lowest BCUT2D eigenvalue weighted by Gasteiger charge is -2.09. The molecule has 9 nitrogen and oxygen atoms in total. The number of aromatic amines is 4. The molecule has 6 aromatic heterocycles. The van der Waals surface area contributed by atoms with Crippen molar-refractivity contribution in [2.24, 2.45) is 0 Å². The molecule has 6 aromatic carbocycles. The van der Waals surface area contributed by atoms with Crippen molar-refractivity contribution in [3.8, 4) is 83.6 Å². The van der Waals surface area contributed by atoms with Gasteiger partial charge in [-0.15, -0.1) is 0 Å². The fraction of sp³-hybridized carbons (Fsp3) is 0.0843. The molecule has 0 amide bonds. The Morgan fingerprint density at radius 3 is 1.03 bits per heavy atom. The van der Waals surface area contributed by atoms with Crippen LogP contribution in [0.25, 0.3) is 171 Å². The highest BCUT2D eigenvalue weighted by Gasteiger charge is 2.25. The lowest BCUT2D eigenvalue weighted by atomic mass is 9.97. The smallest absolute Gasteiger partial charge is 0.118 e. The van der Waals surface area contributed by atoms with Gasteiger partial charge in [-0.3, -0.25) is 0 Å². The first-order chi connectivity index (χ1) is 45.5. The summed E-state index contributed by atoms with van der Waals surface area (Å²) in [6, 6.07) is 76.9. The van der Waals surface area contributed by atoms with Crippen LogP contribution in [0.4, 0.5) is 0 Å². The van der Waals surface area contributed by atoms with Gasteiger partial charge in [0.1, 0.15) is 5.75 Å². The quantitative estimate of drug-likeness (QED) is 0.0856. The maximum atomic E-state index is 5.85. The summed E-state index contributed by atoms with van der Waals surface area (Å²) in [7, 11) is 1.71. The SMILES string of the molecule is CCCCCCc1c2nc(c(-c3ccc(OC)cc3)c3ccc([nH]3)c(-c3cc4[nH]c3c(-c3ccccc3)c3nc(c(-c5ccccc5)c5ccc([nH]5)c(-c5ccccc5)c5nc(c4-c4ccccc4)C=C5)C=C3)c3nc(c(-c4ccccc4)c4ccc1[nH]4)C=C3)C=C2. The zero-order valence-corrected chi connectivity index (χ0v) is 51.1. The van der Waals surface area contributed by atoms with Crippen LogP contribution in [0.1, 0.15) is 83.7 Å². The highest BCUT2D eigenvalue weighted by atomic mass is 16.5. The zero-order chi connectivity index (χ0) is 61.5. The molecule has 10 heterocycles. The lowest BCUT2D eigenvalue weighted by Crippen LogP contribution is -1.93. The van der Waals surface area contributed by atoms with Crippen LogP contribution in [0.2, 0.25) is 0 Å². The number of unbranched alkanes of at least 4 members (excludes halogenated alkanes) is 3. The number of rotatable bonds is 13. The van der Waals surface area contributed by atoms with Crippen LogP contribution in [0.15, 0.2) is 218 Å². The van der Waals surface area contributed by atoms with E-state index in [1.54, 1.807) is 7.11 Å². The third-order valence-corrected chi connectivity index (χ3v) is 18.0. The second-order valence-corrected chi connectivity index (χ2v) is 23.7. The normalized spacial score (nSPS) is 12.3. The molecule has 0 atom stereocenters. The van der Waals surface area contributed by atoms with Gasteiger partial charge in [-0.2, -0.15) is 0 Å². The molecule has 0 aliphatic carbocycles. The van der Waals surface area contributed by atoms with Gasteiger partial charge in [-0.05, 0) is 149 Å². The minimum absolute atomic E-state index is 0.777. The molecule has 4 N–H and O–H groups in total. The van der Waals surface area contributed by atoms with E-state index in [9.17, 15) is 0 Å². The Morgan fingerprint density at radius 1 is 0.293 bits per heavy atom. The monoisotopic (exact) mass is 1190 g/mol. The van der Waals surface area contributed by atoms with Crippen LogP contribution in [-0.2, 0) is 6.42 Å². The van der Waals surface area contributed by atoms with E-state index in [2.05, 4.69) is 282 Å². The summed E-state index contributed by atoms with van der Waals surface area (Å²) >= 11 is 0. The lowest BCUT2D eigenvalue weighted by molar-refractivity contribution is 0.415. The number of benzene rings is 6. The minimum atomic E-state index is 0.777. The molecule has 0 radical (unpaired) electrons. The van der Waals surface area contributed by atoms with Crippen molar-refractivity contribution < 1.29 is 4.74 Å². The van der Waals surface area contributed by atoms with Crippen LogP contribution in [0, 0.1) is 0 Å². The van der Waals surface area contributed by atoms with Crippen molar-refractivity contribution in [2.45, 2.75) is 39.0 Å². The van der Waals surface area contributed by atoms with E-state index in [1.807, 2.05) is 12.1 Å². The van der Waals surface area contributed by atoms with Gasteiger partial charge in [0.25, 0.3) is 0 Å². The summed E-state index contributed by atoms with van der Waals surface area (Å²) in [5.41, 5.74) is 29.0. The van der Waals surface area contributed by atoms with Crippen molar-refractivity contribution in [2.75, 3.05) is 7.11 Å². The number of nitrogens with one attached hydrogen (secondary N) is 4. The summed E-state index contributed by atoms with van der Waals surface area (Å²) in [5, 5.41) is 0. The van der Waals surface area contributed by atoms with Crippen molar-refractivity contribution in [3.05, 3.63) is 270 Å². The minimum Gasteiger partial charge on any atom is -0.497 e. The second kappa shape index (κ2) is 24.0. The third kappa shape index (κ3) is 10.3. The van der Waals surface area contributed by atoms with Crippen molar-refractivity contribution in [1.82, 2.24) is 39.9 Å². The summed E-state index contributed by atoms with van der Waals surface area (Å²) < 4.78 is 5.74. The summed E-state index contributed by atoms with van der Waals surface area (Å²) in [5.74, 6) is 0.777. The molecule has 0 saturated heterocycles. The summed E-state index contributed by atoms with van der Waals surface area (Å²) in [6.07, 6.45) is 22.8. The van der Waals surface area contributed by atoms with Gasteiger partial charge in [0.15, 0.2) is 0 Å². The number of fused-ring (bicyclic) bond motifs is 16. The average molecular weight is 1190 g/mol. The van der Waals surface area contributed by atoms with E-state index >= 15 is 0 Å². The molecular formula is C83H64N8O. The van der Waals surface area contributed by atoms with Gasteiger partial charge in [-0.1, -0.05) is 190 Å². The largest absolute Gasteiger partial charge is 0.497 e. The fourth-order valence-corrected chi connectivity index (χ4v) is 13.6. The zero-order valence-electron chi connectivity index (χ0n) is 51.1. The van der Waals surface area contributed by atoms with Crippen LogP contribution >= 0.6 is 0 Å². The maximum Gasteiger partial charge on any atom is 0.118 e. The highest BCUT2D eigenvalue weighted by molar-refractivity contribution is 6.09. The molecule has 0 saturated carbocycles. The van der Waals surface area contributed by atoms with E-state index < -0.39 is 0 Å². The fourth-order valence-electron chi connectivity index (χ4n) is 13.6. The molecule has 0 spiro atoms. The highest BCUT2D eigenvalue weighted by Crippen LogP contribution is 2.45. The number of ether oxygens (including phenoxy) is 1. The first-order valence-corrected chi connectivity index (χ1v) is 31.8. The Morgan fingerprint density at radius 2 is 0.620 bits per heavy atom. The number of methoxy groups -OCH3 is 1. The number of hydrogen-bond donors (Lipinski definition) is 4. The average Bonchev–Trinajstić information content (AvgIpc) is 1.60. The maximum absolute atomic E-state index is 5.85. The Balaban J connectivity index is 1.10. The standard InChI is InChI=1S/C83H64N8O/c1-3-4-5-21-32-59-61-37-39-63(84-61)76(52-22-11-6-12-23-52)69-46-49-73(89-69)82(74-50-47-70(90-74)79(64-40-38-62(59)85-64)57-33-35-58(92-2)36-34-57)60-51-75-80(55-28-17-9-18-29-55)71-44-43-67(87-71)77(53-24-13-7-14-25-53)65-41-42-66(86-65)78(54-26-15-8-16-27-54)68-45-48-72(88-68)81(83(60)91-75)56-30-19-10-20-31-56/h6-20,22-31,33-51,84,86,90-91H,3-5,21,32H2,1-2H3. The van der Waals surface area contributed by atoms with Crippen molar-refractivity contribution in [1.29, 1.82) is 0 Å². The van der Waals surface area contributed by atoms with Crippen molar-refractivity contribution in [3.63, 3.8) is 0 Å². The van der Waals surface area contributed by atoms with Crippen LogP contribution in [0.5, 0.6) is 5.75 Å². The van der Waals surface area contributed by atoms with Gasteiger partial charge < -0.3 is 24.7 Å². The number of H-pyrrole nitrogens is 4. The molecule has 16 bridgehead atoms. The first-order valence-electron chi connectivity index (χ1n) is 31.8. The van der Waals surface area contributed by atoms with E-state index in [1.165, 1.54) is 12.0 Å². The Hall–Kier alpha value is -11.7. The molecule has 4 aliphatic rings. The third-order valence-electron chi connectivity index (χ3n) is 18.0. The summed E-state index contributed by atoms with van der Waals surface area (Å²) in [4.78, 5) is 39.1. The predicted molar refractivity (Wildman–Crippen MR) is 384 cm³/mol. The van der Waals surface area contributed by atoms with Gasteiger partial charge in [0.05, 0.1) is 58.2 Å². The first kappa shape index (κ1) is 55.6. The Labute approximate surface area is 533 Å². The Kier molecular flexibility index (Phi) is 14.5. The molecule has 0 unspecified atom stereocenters. The van der Waals surface area contributed by atoms with E-state index in [0.29, 0.717) is 0 Å². The molecule has 442 valence electrons. The van der Waals surface area contributed by atoms with Gasteiger partial charge in [-0.25, -0.2) is 19.9 Å². The number of hydrogen-bond acceptors (Lipinski definition) is 5. The molecule has 12 aromatic rings. The number of aryl methyl sites for hydroxylation is 1. The topological polar surface area (TPSA) is 124 Å². The van der Waals surface area contributed by atoms with Gasteiger partial charge >= 0.3 is 0 Å². The molecule has 0 fully saturated rings. The van der Waals surface area contributed by atoms with Crippen LogP contribution < -0.4 is 4.74 Å². The van der Waals surface area contributed by atoms with Gasteiger partial charge in [0.2, 0.25) is 0 Å². The second-order valence-electron chi connectivity index (χ2n) is 23.7. The molecule has 9 heteroatoms. The molecular weight excluding hydrogens is 1120 g/mol. The number of aromatic nitrogens is 8. The van der Waals surface area contributed by atoms with Crippen molar-refractivity contribution >= 4 is 92.7 Å². The van der Waals surface area contributed by atoms with Crippen LogP contribution in [-0.4, -0.2) is 47.0 Å². The van der Waals surface area contributed by atoms with E-state index in [0.717, 1.165) is 199 Å².